The van der Waals surface area contributed by atoms with E-state index in [1.165, 1.54) is 24.3 Å². The predicted octanol–water partition coefficient (Wildman–Crippen LogP) is 1.58. The number of hydrogen-bond acceptors (Lipinski definition) is 4. The number of carbonyl (C=O) groups is 1. The third-order valence-corrected chi connectivity index (χ3v) is 1.95. The fourth-order valence-corrected chi connectivity index (χ4v) is 0.942. The Bertz CT molecular complexity index is 318. The summed E-state index contributed by atoms with van der Waals surface area (Å²) in [5.74, 6) is -0.296. The summed E-state index contributed by atoms with van der Waals surface area (Å²) in [7, 11) is 1.55. The molecular weight excluding hydrogens is 196 g/mol. The van der Waals surface area contributed by atoms with Crippen LogP contribution in [0.15, 0.2) is 24.3 Å². The lowest BCUT2D eigenvalue weighted by atomic mass is 10.2. The molecule has 0 spiro atoms. The molecule has 1 unspecified atom stereocenters. The lowest BCUT2D eigenvalue weighted by molar-refractivity contribution is 0.0169. The van der Waals surface area contributed by atoms with Gasteiger partial charge in [-0.25, -0.2) is 4.79 Å². The number of aromatic hydroxyl groups is 1. The molecule has 0 radical (unpaired) electrons. The van der Waals surface area contributed by atoms with Crippen LogP contribution in [0.2, 0.25) is 0 Å². The van der Waals surface area contributed by atoms with Crippen molar-refractivity contribution in [2.45, 2.75) is 13.0 Å². The van der Waals surface area contributed by atoms with Gasteiger partial charge in [-0.3, -0.25) is 0 Å². The topological polar surface area (TPSA) is 55.8 Å². The van der Waals surface area contributed by atoms with Crippen molar-refractivity contribution in [1.82, 2.24) is 0 Å². The highest BCUT2D eigenvalue weighted by molar-refractivity contribution is 5.89. The van der Waals surface area contributed by atoms with E-state index in [0.717, 1.165) is 0 Å². The van der Waals surface area contributed by atoms with E-state index in [2.05, 4.69) is 0 Å². The zero-order valence-corrected chi connectivity index (χ0v) is 8.77. The average Bonchev–Trinajstić information content (AvgIpc) is 2.26. The maximum atomic E-state index is 11.4. The van der Waals surface area contributed by atoms with Gasteiger partial charge in [0.25, 0.3) is 0 Å². The monoisotopic (exact) mass is 210 g/mol. The Morgan fingerprint density at radius 1 is 1.40 bits per heavy atom. The minimum absolute atomic E-state index is 0.119. The third kappa shape index (κ3) is 3.59. The second-order valence-electron chi connectivity index (χ2n) is 3.19. The molecule has 0 bridgehead atoms. The van der Waals surface area contributed by atoms with E-state index >= 15 is 0 Å². The quantitative estimate of drug-likeness (QED) is 0.766. The fraction of sp³-hybridized carbons (Fsp3) is 0.364. The largest absolute Gasteiger partial charge is 0.508 e. The van der Waals surface area contributed by atoms with Crippen LogP contribution in [0.3, 0.4) is 0 Å². The molecule has 1 aromatic carbocycles. The number of carbonyl (C=O) groups excluding carboxylic acids is 1. The van der Waals surface area contributed by atoms with Gasteiger partial charge in [0.05, 0.1) is 11.7 Å². The second-order valence-corrected chi connectivity index (χ2v) is 3.19. The molecule has 4 heteroatoms. The zero-order chi connectivity index (χ0) is 11.3. The maximum Gasteiger partial charge on any atom is 0.338 e. The lowest BCUT2D eigenvalue weighted by Crippen LogP contribution is -2.17. The molecule has 0 saturated carbocycles. The van der Waals surface area contributed by atoms with E-state index in [1.54, 1.807) is 7.11 Å². The summed E-state index contributed by atoms with van der Waals surface area (Å²) in [5, 5.41) is 9.02. The van der Waals surface area contributed by atoms with E-state index in [-0.39, 0.29) is 18.5 Å². The Morgan fingerprint density at radius 3 is 2.53 bits per heavy atom. The highest BCUT2D eigenvalue weighted by Crippen LogP contribution is 2.10. The number of rotatable bonds is 4. The van der Waals surface area contributed by atoms with Gasteiger partial charge in [0.2, 0.25) is 0 Å². The van der Waals surface area contributed by atoms with Crippen LogP contribution in [0.25, 0.3) is 0 Å². The van der Waals surface area contributed by atoms with E-state index in [1.807, 2.05) is 6.92 Å². The third-order valence-electron chi connectivity index (χ3n) is 1.95. The molecule has 0 aromatic heterocycles. The van der Waals surface area contributed by atoms with Gasteiger partial charge in [-0.2, -0.15) is 0 Å². The number of benzene rings is 1. The van der Waals surface area contributed by atoms with Crippen LogP contribution in [0.5, 0.6) is 5.75 Å². The van der Waals surface area contributed by atoms with Crippen molar-refractivity contribution in [2.75, 3.05) is 13.7 Å². The molecule has 0 amide bonds. The van der Waals surface area contributed by atoms with Gasteiger partial charge in [0.1, 0.15) is 12.4 Å². The normalized spacial score (nSPS) is 12.1. The lowest BCUT2D eigenvalue weighted by Gasteiger charge is -2.09. The summed E-state index contributed by atoms with van der Waals surface area (Å²) in [4.78, 5) is 11.4. The number of phenols is 1. The Kier molecular flexibility index (Phi) is 4.12. The second kappa shape index (κ2) is 5.36. The van der Waals surface area contributed by atoms with E-state index in [0.29, 0.717) is 5.56 Å². The Labute approximate surface area is 88.4 Å². The highest BCUT2D eigenvalue weighted by Gasteiger charge is 2.08. The number of esters is 1. The highest BCUT2D eigenvalue weighted by atomic mass is 16.6. The summed E-state index contributed by atoms with van der Waals surface area (Å²) in [6.45, 7) is 2.03. The first-order chi connectivity index (χ1) is 7.13. The zero-order valence-electron chi connectivity index (χ0n) is 8.77. The van der Waals surface area contributed by atoms with Gasteiger partial charge in [0, 0.05) is 7.11 Å². The van der Waals surface area contributed by atoms with Crippen LogP contribution < -0.4 is 0 Å². The molecule has 0 heterocycles. The minimum atomic E-state index is -0.418. The number of ether oxygens (including phenoxy) is 2. The Morgan fingerprint density at radius 2 is 2.00 bits per heavy atom. The first kappa shape index (κ1) is 11.5. The summed E-state index contributed by atoms with van der Waals surface area (Å²) >= 11 is 0. The maximum absolute atomic E-state index is 11.4. The van der Waals surface area contributed by atoms with Gasteiger partial charge >= 0.3 is 5.97 Å². The SMILES string of the molecule is COC(C)COC(=O)c1ccc(O)cc1. The van der Waals surface area contributed by atoms with Crippen molar-refractivity contribution in [3.63, 3.8) is 0 Å². The van der Waals surface area contributed by atoms with Crippen LogP contribution in [-0.4, -0.2) is 30.9 Å². The van der Waals surface area contributed by atoms with Crippen LogP contribution in [0, 0.1) is 0 Å². The Balaban J connectivity index is 2.50. The van der Waals surface area contributed by atoms with Crippen molar-refractivity contribution in [3.05, 3.63) is 29.8 Å². The fourth-order valence-electron chi connectivity index (χ4n) is 0.942. The van der Waals surface area contributed by atoms with Crippen LogP contribution >= 0.6 is 0 Å². The van der Waals surface area contributed by atoms with Crippen LogP contribution in [-0.2, 0) is 9.47 Å². The standard InChI is InChI=1S/C11H14O4/c1-8(14-2)7-15-11(13)9-3-5-10(12)6-4-9/h3-6,8,12H,7H2,1-2H3. The predicted molar refractivity (Wildman–Crippen MR) is 54.9 cm³/mol. The molecule has 1 N–H and O–H groups in total. The number of hydrogen-bond donors (Lipinski definition) is 1. The summed E-state index contributed by atoms with van der Waals surface area (Å²) in [6.07, 6.45) is -0.119. The first-order valence-corrected chi connectivity index (χ1v) is 4.62. The molecule has 0 aliphatic carbocycles. The molecular formula is C11H14O4. The number of phenolic OH excluding ortho intramolecular Hbond substituents is 1. The molecule has 0 aliphatic rings. The van der Waals surface area contributed by atoms with Gasteiger partial charge in [0.15, 0.2) is 0 Å². The summed E-state index contributed by atoms with van der Waals surface area (Å²) < 4.78 is 9.91. The molecule has 1 atom stereocenters. The van der Waals surface area contributed by atoms with Gasteiger partial charge < -0.3 is 14.6 Å². The molecule has 0 saturated heterocycles. The van der Waals surface area contributed by atoms with Crippen LogP contribution in [0.4, 0.5) is 0 Å². The number of methoxy groups -OCH3 is 1. The molecule has 15 heavy (non-hydrogen) atoms. The molecule has 1 aromatic rings. The summed E-state index contributed by atoms with van der Waals surface area (Å²) in [6, 6.07) is 5.90. The molecule has 82 valence electrons. The minimum Gasteiger partial charge on any atom is -0.508 e. The van der Waals surface area contributed by atoms with Crippen molar-refractivity contribution >= 4 is 5.97 Å². The van der Waals surface area contributed by atoms with E-state index in [4.69, 9.17) is 14.6 Å². The average molecular weight is 210 g/mol. The first-order valence-electron chi connectivity index (χ1n) is 4.62. The molecule has 1 rings (SSSR count). The van der Waals surface area contributed by atoms with Crippen molar-refractivity contribution < 1.29 is 19.4 Å². The Hall–Kier alpha value is -1.55. The van der Waals surface area contributed by atoms with Gasteiger partial charge in [-0.1, -0.05) is 0 Å². The van der Waals surface area contributed by atoms with Gasteiger partial charge in [-0.05, 0) is 31.2 Å². The van der Waals surface area contributed by atoms with Crippen LogP contribution in [0.1, 0.15) is 17.3 Å². The molecule has 0 fully saturated rings. The van der Waals surface area contributed by atoms with E-state index in [9.17, 15) is 4.79 Å². The smallest absolute Gasteiger partial charge is 0.338 e. The van der Waals surface area contributed by atoms with Crippen molar-refractivity contribution in [3.8, 4) is 5.75 Å². The van der Waals surface area contributed by atoms with Crippen molar-refractivity contribution in [1.29, 1.82) is 0 Å². The summed E-state index contributed by atoms with van der Waals surface area (Å²) in [5.41, 5.74) is 0.413. The van der Waals surface area contributed by atoms with E-state index < -0.39 is 5.97 Å². The van der Waals surface area contributed by atoms with Gasteiger partial charge in [-0.15, -0.1) is 0 Å². The van der Waals surface area contributed by atoms with Crippen molar-refractivity contribution in [2.24, 2.45) is 0 Å². The molecule has 4 nitrogen and oxygen atoms in total. The molecule has 0 aliphatic heterocycles.